The zero-order valence-electron chi connectivity index (χ0n) is 13.8. The van der Waals surface area contributed by atoms with E-state index in [-0.39, 0.29) is 5.91 Å². The highest BCUT2D eigenvalue weighted by Crippen LogP contribution is 2.15. The fourth-order valence-corrected chi connectivity index (χ4v) is 2.95. The fraction of sp³-hybridized carbons (Fsp3) is 0.688. The van der Waals surface area contributed by atoms with Crippen molar-refractivity contribution in [1.29, 1.82) is 0 Å². The molecule has 0 aromatic carbocycles. The Kier molecular flexibility index (Phi) is 8.74. The van der Waals surface area contributed by atoms with Crippen molar-refractivity contribution in [3.8, 4) is 0 Å². The molecular weight excluding hydrogens is 300 g/mol. The second-order valence-electron chi connectivity index (χ2n) is 5.24. The van der Waals surface area contributed by atoms with E-state index in [0.29, 0.717) is 18.7 Å². The first-order valence-electron chi connectivity index (χ1n) is 7.92. The van der Waals surface area contributed by atoms with E-state index >= 15 is 0 Å². The van der Waals surface area contributed by atoms with Gasteiger partial charge in [-0.2, -0.15) is 0 Å². The summed E-state index contributed by atoms with van der Waals surface area (Å²) in [6, 6.07) is 0. The maximum absolute atomic E-state index is 12.3. The Hall–Kier alpha value is -1.43. The van der Waals surface area contributed by atoms with Crippen LogP contribution in [0, 0.1) is 0 Å². The van der Waals surface area contributed by atoms with Crippen molar-refractivity contribution in [2.45, 2.75) is 58.9 Å². The van der Waals surface area contributed by atoms with Gasteiger partial charge in [-0.05, 0) is 12.8 Å². The van der Waals surface area contributed by atoms with E-state index < -0.39 is 5.97 Å². The van der Waals surface area contributed by atoms with Crippen LogP contribution in [0.5, 0.6) is 0 Å². The Morgan fingerprint density at radius 2 is 2.00 bits per heavy atom. The van der Waals surface area contributed by atoms with Crippen LogP contribution in [-0.4, -0.2) is 35.4 Å². The lowest BCUT2D eigenvalue weighted by atomic mass is 10.1. The normalized spacial score (nSPS) is 10.5. The van der Waals surface area contributed by atoms with Gasteiger partial charge in [0.05, 0.1) is 13.7 Å². The standard InChI is InChI=1S/C16H26N2O3S/c1-4-6-7-8-9-15(19)18(10-5-2)11-14-17-13(12-22-14)16(20)21-3/h12H,4-11H2,1-3H3. The van der Waals surface area contributed by atoms with E-state index in [0.717, 1.165) is 30.8 Å². The van der Waals surface area contributed by atoms with Crippen molar-refractivity contribution >= 4 is 23.2 Å². The molecule has 1 aromatic heterocycles. The molecule has 5 nitrogen and oxygen atoms in total. The Labute approximate surface area is 136 Å². The van der Waals surface area contributed by atoms with Crippen LogP contribution in [0.1, 0.15) is 67.9 Å². The number of carbonyl (C=O) groups is 2. The van der Waals surface area contributed by atoms with E-state index in [1.165, 1.54) is 31.3 Å². The Balaban J connectivity index is 2.57. The fourth-order valence-electron chi connectivity index (χ4n) is 2.17. The lowest BCUT2D eigenvalue weighted by Crippen LogP contribution is -2.31. The number of ether oxygens (including phenoxy) is 1. The number of rotatable bonds is 10. The van der Waals surface area contributed by atoms with Gasteiger partial charge in [-0.3, -0.25) is 4.79 Å². The van der Waals surface area contributed by atoms with Crippen LogP contribution < -0.4 is 0 Å². The maximum atomic E-state index is 12.3. The van der Waals surface area contributed by atoms with Crippen molar-refractivity contribution in [3.05, 3.63) is 16.1 Å². The summed E-state index contributed by atoms with van der Waals surface area (Å²) in [4.78, 5) is 29.8. The van der Waals surface area contributed by atoms with Crippen molar-refractivity contribution in [2.24, 2.45) is 0 Å². The van der Waals surface area contributed by atoms with Gasteiger partial charge in [0.1, 0.15) is 5.01 Å². The SMILES string of the molecule is CCCCCCC(=O)N(CCC)Cc1nc(C(=O)OC)cs1. The van der Waals surface area contributed by atoms with Crippen LogP contribution >= 0.6 is 11.3 Å². The number of carbonyl (C=O) groups excluding carboxylic acids is 2. The lowest BCUT2D eigenvalue weighted by Gasteiger charge is -2.21. The third kappa shape index (κ3) is 6.13. The molecule has 1 heterocycles. The zero-order valence-corrected chi connectivity index (χ0v) is 14.6. The number of nitrogens with zero attached hydrogens (tertiary/aromatic N) is 2. The van der Waals surface area contributed by atoms with Crippen LogP contribution in [0.25, 0.3) is 0 Å². The van der Waals surface area contributed by atoms with Crippen molar-refractivity contribution in [1.82, 2.24) is 9.88 Å². The molecule has 1 amide bonds. The molecule has 0 N–H and O–H groups in total. The Bertz CT molecular complexity index is 474. The first kappa shape index (κ1) is 18.6. The van der Waals surface area contributed by atoms with Crippen molar-refractivity contribution in [2.75, 3.05) is 13.7 Å². The monoisotopic (exact) mass is 326 g/mol. The van der Waals surface area contributed by atoms with Crippen molar-refractivity contribution < 1.29 is 14.3 Å². The van der Waals surface area contributed by atoms with Crippen LogP contribution in [-0.2, 0) is 16.1 Å². The number of thiazole rings is 1. The van der Waals surface area contributed by atoms with Crippen LogP contribution in [0.15, 0.2) is 5.38 Å². The molecule has 0 aliphatic heterocycles. The molecule has 0 aliphatic carbocycles. The summed E-state index contributed by atoms with van der Waals surface area (Å²) >= 11 is 1.39. The number of hydrogen-bond acceptors (Lipinski definition) is 5. The number of unbranched alkanes of at least 4 members (excludes halogenated alkanes) is 3. The predicted molar refractivity (Wildman–Crippen MR) is 87.9 cm³/mol. The minimum absolute atomic E-state index is 0.174. The number of hydrogen-bond donors (Lipinski definition) is 0. The average Bonchev–Trinajstić information content (AvgIpc) is 2.98. The molecule has 0 unspecified atom stereocenters. The highest BCUT2D eigenvalue weighted by atomic mass is 32.1. The van der Waals surface area contributed by atoms with Gasteiger partial charge in [0, 0.05) is 18.3 Å². The molecule has 0 aliphatic rings. The first-order chi connectivity index (χ1) is 10.6. The molecule has 0 atom stereocenters. The Morgan fingerprint density at radius 1 is 1.23 bits per heavy atom. The molecule has 1 rings (SSSR count). The molecule has 124 valence electrons. The molecule has 6 heteroatoms. The Morgan fingerprint density at radius 3 is 2.64 bits per heavy atom. The highest BCUT2D eigenvalue weighted by molar-refractivity contribution is 7.09. The summed E-state index contributed by atoms with van der Waals surface area (Å²) in [5.41, 5.74) is 0.314. The third-order valence-corrected chi connectivity index (χ3v) is 4.20. The van der Waals surface area contributed by atoms with Gasteiger partial charge in [0.15, 0.2) is 5.69 Å². The van der Waals surface area contributed by atoms with Gasteiger partial charge in [-0.15, -0.1) is 11.3 Å². The lowest BCUT2D eigenvalue weighted by molar-refractivity contribution is -0.132. The number of aromatic nitrogens is 1. The largest absolute Gasteiger partial charge is 0.464 e. The average molecular weight is 326 g/mol. The van der Waals surface area contributed by atoms with E-state index in [4.69, 9.17) is 0 Å². The van der Waals surface area contributed by atoms with Crippen LogP contribution in [0.3, 0.4) is 0 Å². The summed E-state index contributed by atoms with van der Waals surface area (Å²) in [6.45, 7) is 5.41. The predicted octanol–water partition coefficient (Wildman–Crippen LogP) is 3.64. The molecule has 0 saturated heterocycles. The second kappa shape index (κ2) is 10.3. The van der Waals surface area contributed by atoms with Gasteiger partial charge in [-0.25, -0.2) is 9.78 Å². The summed E-state index contributed by atoms with van der Waals surface area (Å²) in [6.07, 6.45) is 5.90. The topological polar surface area (TPSA) is 59.5 Å². The molecule has 0 spiro atoms. The van der Waals surface area contributed by atoms with E-state index in [1.807, 2.05) is 4.90 Å². The smallest absolute Gasteiger partial charge is 0.357 e. The van der Waals surface area contributed by atoms with E-state index in [9.17, 15) is 9.59 Å². The van der Waals surface area contributed by atoms with Gasteiger partial charge in [0.25, 0.3) is 0 Å². The third-order valence-electron chi connectivity index (χ3n) is 3.36. The molecular formula is C16H26N2O3S. The molecule has 0 saturated carbocycles. The van der Waals surface area contributed by atoms with Crippen molar-refractivity contribution in [3.63, 3.8) is 0 Å². The number of methoxy groups -OCH3 is 1. The molecule has 1 aromatic rings. The summed E-state index contributed by atoms with van der Waals surface area (Å²) in [7, 11) is 1.34. The minimum Gasteiger partial charge on any atom is -0.464 e. The quantitative estimate of drug-likeness (QED) is 0.486. The highest BCUT2D eigenvalue weighted by Gasteiger charge is 2.16. The maximum Gasteiger partial charge on any atom is 0.357 e. The zero-order chi connectivity index (χ0) is 16.4. The van der Waals surface area contributed by atoms with Gasteiger partial charge in [-0.1, -0.05) is 33.1 Å². The number of esters is 1. The molecule has 0 bridgehead atoms. The van der Waals surface area contributed by atoms with Gasteiger partial charge < -0.3 is 9.64 Å². The number of amides is 1. The minimum atomic E-state index is -0.435. The summed E-state index contributed by atoms with van der Waals surface area (Å²) in [5.74, 6) is -0.261. The second-order valence-corrected chi connectivity index (χ2v) is 6.19. The molecule has 0 radical (unpaired) electrons. The van der Waals surface area contributed by atoms with E-state index in [1.54, 1.807) is 5.38 Å². The first-order valence-corrected chi connectivity index (χ1v) is 8.80. The van der Waals surface area contributed by atoms with Crippen LogP contribution in [0.2, 0.25) is 0 Å². The van der Waals surface area contributed by atoms with Gasteiger partial charge >= 0.3 is 5.97 Å². The molecule has 22 heavy (non-hydrogen) atoms. The van der Waals surface area contributed by atoms with Gasteiger partial charge in [0.2, 0.25) is 5.91 Å². The summed E-state index contributed by atoms with van der Waals surface area (Å²) < 4.78 is 4.65. The van der Waals surface area contributed by atoms with Crippen LogP contribution in [0.4, 0.5) is 0 Å². The molecule has 0 fully saturated rings. The summed E-state index contributed by atoms with van der Waals surface area (Å²) in [5, 5.41) is 2.45. The van der Waals surface area contributed by atoms with E-state index in [2.05, 4.69) is 23.6 Å².